The number of amides is 2. The summed E-state index contributed by atoms with van der Waals surface area (Å²) in [6, 6.07) is 3.29. The molecule has 0 radical (unpaired) electrons. The minimum Gasteiger partial charge on any atom is -0.439 e. The van der Waals surface area contributed by atoms with Crippen LogP contribution in [0, 0.1) is 6.92 Å². The molecule has 3 aromatic rings. The molecular formula is C21H23F3N6O2. The predicted molar refractivity (Wildman–Crippen MR) is 112 cm³/mol. The number of rotatable bonds is 5. The van der Waals surface area contributed by atoms with Gasteiger partial charge in [0.1, 0.15) is 11.5 Å². The summed E-state index contributed by atoms with van der Waals surface area (Å²) in [5.41, 5.74) is 0.627. The summed E-state index contributed by atoms with van der Waals surface area (Å²) >= 11 is 0. The first kappa shape index (κ1) is 22.0. The van der Waals surface area contributed by atoms with Crippen LogP contribution in [0.3, 0.4) is 0 Å². The number of likely N-dealkylation sites (tertiary alicyclic amines) is 1. The highest BCUT2D eigenvalue weighted by atomic mass is 19.4. The SMILES string of the molecule is Cc1ncc(-c2cc3cc(NC(=O)N4CCC(NCCC(F)(F)F)CC4)ncc3cn2)o1. The molecule has 0 bridgehead atoms. The van der Waals surface area contributed by atoms with Gasteiger partial charge in [-0.05, 0) is 30.4 Å². The van der Waals surface area contributed by atoms with E-state index in [4.69, 9.17) is 4.42 Å². The van der Waals surface area contributed by atoms with Crippen molar-refractivity contribution in [3.63, 3.8) is 0 Å². The number of urea groups is 1. The molecule has 170 valence electrons. The minimum atomic E-state index is -4.16. The molecule has 0 saturated carbocycles. The molecule has 4 heterocycles. The normalized spacial score (nSPS) is 15.3. The maximum atomic E-state index is 12.6. The lowest BCUT2D eigenvalue weighted by molar-refractivity contribution is -0.133. The summed E-state index contributed by atoms with van der Waals surface area (Å²) in [7, 11) is 0. The summed E-state index contributed by atoms with van der Waals surface area (Å²) in [5, 5.41) is 7.36. The lowest BCUT2D eigenvalue weighted by Crippen LogP contribution is -2.46. The van der Waals surface area contributed by atoms with Crippen LogP contribution in [-0.2, 0) is 0 Å². The van der Waals surface area contributed by atoms with Gasteiger partial charge in [0.15, 0.2) is 11.7 Å². The fraction of sp³-hybridized carbons (Fsp3) is 0.429. The Balaban J connectivity index is 1.34. The summed E-state index contributed by atoms with van der Waals surface area (Å²) in [5.74, 6) is 1.50. The summed E-state index contributed by atoms with van der Waals surface area (Å²) in [4.78, 5) is 27.0. The highest BCUT2D eigenvalue weighted by molar-refractivity contribution is 5.92. The zero-order chi connectivity index (χ0) is 22.7. The van der Waals surface area contributed by atoms with Gasteiger partial charge >= 0.3 is 12.2 Å². The zero-order valence-electron chi connectivity index (χ0n) is 17.4. The average Bonchev–Trinajstić information content (AvgIpc) is 3.19. The third kappa shape index (κ3) is 5.52. The van der Waals surface area contributed by atoms with E-state index in [-0.39, 0.29) is 18.6 Å². The van der Waals surface area contributed by atoms with Gasteiger partial charge in [0.05, 0.1) is 12.6 Å². The monoisotopic (exact) mass is 448 g/mol. The fourth-order valence-electron chi connectivity index (χ4n) is 3.61. The van der Waals surface area contributed by atoms with Crippen LogP contribution in [0.15, 0.2) is 35.1 Å². The Morgan fingerprint density at radius 3 is 2.56 bits per heavy atom. The van der Waals surface area contributed by atoms with E-state index in [1.54, 1.807) is 36.5 Å². The molecule has 2 amide bonds. The minimum absolute atomic E-state index is 0.0224. The van der Waals surface area contributed by atoms with Crippen molar-refractivity contribution in [3.05, 3.63) is 36.6 Å². The van der Waals surface area contributed by atoms with Crippen LogP contribution in [0.25, 0.3) is 22.2 Å². The van der Waals surface area contributed by atoms with E-state index in [0.29, 0.717) is 49.1 Å². The van der Waals surface area contributed by atoms with E-state index in [0.717, 1.165) is 10.8 Å². The molecule has 0 unspecified atom stereocenters. The number of nitrogens with one attached hydrogen (secondary N) is 2. The average molecular weight is 448 g/mol. The number of fused-ring (bicyclic) bond motifs is 1. The second kappa shape index (κ2) is 9.11. The molecule has 0 aromatic carbocycles. The first-order chi connectivity index (χ1) is 15.3. The number of hydrogen-bond acceptors (Lipinski definition) is 6. The number of pyridine rings is 2. The Bertz CT molecular complexity index is 1090. The highest BCUT2D eigenvalue weighted by Crippen LogP contribution is 2.24. The molecule has 0 aliphatic carbocycles. The zero-order valence-corrected chi connectivity index (χ0v) is 17.4. The molecule has 11 heteroatoms. The number of halogens is 3. The highest BCUT2D eigenvalue weighted by Gasteiger charge is 2.28. The Morgan fingerprint density at radius 2 is 1.88 bits per heavy atom. The van der Waals surface area contributed by atoms with Crippen LogP contribution in [0.1, 0.15) is 25.2 Å². The van der Waals surface area contributed by atoms with Gasteiger partial charge in [-0.1, -0.05) is 0 Å². The first-order valence-corrected chi connectivity index (χ1v) is 10.3. The van der Waals surface area contributed by atoms with Gasteiger partial charge in [0.25, 0.3) is 0 Å². The standard InChI is InChI=1S/C21H23F3N6O2/c1-13-26-12-18(32-13)17-8-14-9-19(28-11-15(14)10-27-17)29-20(31)30-6-2-16(3-7-30)25-5-4-21(22,23)24/h8-12,16,25H,2-7H2,1H3,(H,28,29,31). The molecule has 0 atom stereocenters. The molecule has 0 spiro atoms. The van der Waals surface area contributed by atoms with Crippen molar-refractivity contribution >= 4 is 22.6 Å². The van der Waals surface area contributed by atoms with Gasteiger partial charge in [0.2, 0.25) is 0 Å². The lowest BCUT2D eigenvalue weighted by atomic mass is 10.1. The molecule has 1 aliphatic heterocycles. The van der Waals surface area contributed by atoms with Crippen molar-refractivity contribution in [1.29, 1.82) is 0 Å². The van der Waals surface area contributed by atoms with Crippen LogP contribution in [0.5, 0.6) is 0 Å². The number of hydrogen-bond donors (Lipinski definition) is 2. The van der Waals surface area contributed by atoms with Crippen molar-refractivity contribution in [2.24, 2.45) is 0 Å². The Kier molecular flexibility index (Phi) is 6.26. The maximum Gasteiger partial charge on any atom is 0.390 e. The van der Waals surface area contributed by atoms with Gasteiger partial charge in [-0.2, -0.15) is 13.2 Å². The van der Waals surface area contributed by atoms with Crippen LogP contribution < -0.4 is 10.6 Å². The Labute approximate surface area is 182 Å². The van der Waals surface area contributed by atoms with Crippen molar-refractivity contribution < 1.29 is 22.4 Å². The second-order valence-corrected chi connectivity index (χ2v) is 7.74. The van der Waals surface area contributed by atoms with E-state index >= 15 is 0 Å². The smallest absolute Gasteiger partial charge is 0.390 e. The number of anilines is 1. The molecule has 2 N–H and O–H groups in total. The number of aromatic nitrogens is 3. The summed E-state index contributed by atoms with van der Waals surface area (Å²) < 4.78 is 42.3. The number of oxazole rings is 1. The molecule has 8 nitrogen and oxygen atoms in total. The summed E-state index contributed by atoms with van der Waals surface area (Å²) in [6.45, 7) is 2.57. The van der Waals surface area contributed by atoms with Gasteiger partial charge in [-0.15, -0.1) is 0 Å². The number of piperidine rings is 1. The predicted octanol–water partition coefficient (Wildman–Crippen LogP) is 4.13. The van der Waals surface area contributed by atoms with Crippen LogP contribution in [0.2, 0.25) is 0 Å². The van der Waals surface area contributed by atoms with E-state index in [1.165, 1.54) is 0 Å². The third-order valence-electron chi connectivity index (χ3n) is 5.34. The van der Waals surface area contributed by atoms with E-state index in [2.05, 4.69) is 25.6 Å². The molecule has 32 heavy (non-hydrogen) atoms. The molecule has 1 saturated heterocycles. The number of alkyl halides is 3. The van der Waals surface area contributed by atoms with Gasteiger partial charge < -0.3 is 14.6 Å². The topological polar surface area (TPSA) is 96.2 Å². The fourth-order valence-corrected chi connectivity index (χ4v) is 3.61. The molecule has 4 rings (SSSR count). The van der Waals surface area contributed by atoms with E-state index in [1.807, 2.05) is 6.07 Å². The molecule has 3 aromatic heterocycles. The quantitative estimate of drug-likeness (QED) is 0.609. The second-order valence-electron chi connectivity index (χ2n) is 7.74. The largest absolute Gasteiger partial charge is 0.439 e. The Morgan fingerprint density at radius 1 is 1.12 bits per heavy atom. The van der Waals surface area contributed by atoms with Crippen molar-refractivity contribution in [3.8, 4) is 11.5 Å². The third-order valence-corrected chi connectivity index (χ3v) is 5.34. The number of aryl methyl sites for hydroxylation is 1. The van der Waals surface area contributed by atoms with Crippen molar-refractivity contribution in [1.82, 2.24) is 25.2 Å². The van der Waals surface area contributed by atoms with Crippen LogP contribution in [-0.4, -0.2) is 57.7 Å². The lowest BCUT2D eigenvalue weighted by Gasteiger charge is -2.32. The molecule has 1 aliphatic rings. The van der Waals surface area contributed by atoms with Gasteiger partial charge in [0, 0.05) is 50.4 Å². The summed E-state index contributed by atoms with van der Waals surface area (Å²) in [6.07, 6.45) is 1.10. The maximum absolute atomic E-state index is 12.6. The van der Waals surface area contributed by atoms with Crippen molar-refractivity contribution in [2.75, 3.05) is 25.0 Å². The van der Waals surface area contributed by atoms with Crippen LogP contribution in [0.4, 0.5) is 23.8 Å². The van der Waals surface area contributed by atoms with Crippen molar-refractivity contribution in [2.45, 2.75) is 38.4 Å². The van der Waals surface area contributed by atoms with E-state index < -0.39 is 12.6 Å². The van der Waals surface area contributed by atoms with Gasteiger partial charge in [-0.25, -0.2) is 14.8 Å². The van der Waals surface area contributed by atoms with E-state index in [9.17, 15) is 18.0 Å². The number of carbonyl (C=O) groups is 1. The number of carbonyl (C=O) groups excluding carboxylic acids is 1. The molecule has 1 fully saturated rings. The van der Waals surface area contributed by atoms with Crippen LogP contribution >= 0.6 is 0 Å². The molecular weight excluding hydrogens is 425 g/mol. The number of nitrogens with zero attached hydrogens (tertiary/aromatic N) is 4. The first-order valence-electron chi connectivity index (χ1n) is 10.3. The Hall–Kier alpha value is -3.21. The van der Waals surface area contributed by atoms with Gasteiger partial charge in [-0.3, -0.25) is 10.3 Å².